The average Bonchev–Trinajstić information content (AvgIpc) is 1.74. The van der Waals surface area contributed by atoms with Gasteiger partial charge >= 0.3 is 29.8 Å². The van der Waals surface area contributed by atoms with E-state index in [0.29, 0.717) is 28.1 Å². The zero-order chi connectivity index (χ0) is 67.0. The van der Waals surface area contributed by atoms with Gasteiger partial charge < -0.3 is 48.4 Å². The van der Waals surface area contributed by atoms with E-state index >= 15 is 0 Å². The zero-order valence-electron chi connectivity index (χ0n) is 51.7. The molecule has 0 amide bonds. The monoisotopic (exact) mass is 1260 g/mol. The predicted molar refractivity (Wildman–Crippen MR) is 362 cm³/mol. The summed E-state index contributed by atoms with van der Waals surface area (Å²) < 4.78 is 9.79. The first kappa shape index (κ1) is 63.4. The Morgan fingerprint density at radius 3 is 1.11 bits per heavy atom. The number of hydrogen-bond acceptors (Lipinski definition) is 11. The van der Waals surface area contributed by atoms with E-state index in [-0.39, 0.29) is 5.56 Å². The lowest BCUT2D eigenvalue weighted by molar-refractivity contribution is 0.0686. The molecular weight excluding hydrogens is 1200 g/mol. The molecule has 0 aliphatic carbocycles. The molecule has 470 valence electrons. The molecule has 15 aromatic rings. The lowest BCUT2D eigenvalue weighted by Gasteiger charge is -2.06. The van der Waals surface area contributed by atoms with E-state index in [4.69, 9.17) is 25.5 Å². The third-order valence-electron chi connectivity index (χ3n) is 15.3. The van der Waals surface area contributed by atoms with Crippen LogP contribution < -0.4 is 0 Å². The Labute approximate surface area is 541 Å². The summed E-state index contributed by atoms with van der Waals surface area (Å²) in [7, 11) is 0. The van der Waals surface area contributed by atoms with Crippen molar-refractivity contribution in [3.8, 4) is 29.0 Å². The average molecular weight is 1260 g/mol. The maximum absolute atomic E-state index is 11.0. The van der Waals surface area contributed by atoms with Crippen molar-refractivity contribution in [3.05, 3.63) is 294 Å². The van der Waals surface area contributed by atoms with Crippen molar-refractivity contribution in [1.29, 1.82) is 0 Å². The maximum Gasteiger partial charge on any atom is 0.335 e. The summed E-state index contributed by atoms with van der Waals surface area (Å²) in [6.45, 7) is 9.72. The maximum atomic E-state index is 11.0. The van der Waals surface area contributed by atoms with Crippen molar-refractivity contribution in [2.45, 2.75) is 34.6 Å². The number of carbonyl (C=O) groups is 5. The molecule has 0 spiro atoms. The minimum absolute atomic E-state index is 0.282. The molecule has 0 radical (unpaired) electrons. The van der Waals surface area contributed by atoms with Crippen LogP contribution in [0.15, 0.2) is 238 Å². The highest BCUT2D eigenvalue weighted by Gasteiger charge is 2.14. The number of benzene rings is 5. The second-order valence-corrected chi connectivity index (χ2v) is 22.0. The van der Waals surface area contributed by atoms with Crippen LogP contribution in [-0.2, 0) is 0 Å². The summed E-state index contributed by atoms with van der Waals surface area (Å²) in [6.07, 6.45) is 16.6. The highest BCUT2D eigenvalue weighted by atomic mass is 16.4. The number of fused-ring (bicyclic) bond motifs is 5. The van der Waals surface area contributed by atoms with Crippen LogP contribution in [-0.4, -0.2) is 108 Å². The van der Waals surface area contributed by atoms with Crippen molar-refractivity contribution < 1.29 is 49.5 Å². The summed E-state index contributed by atoms with van der Waals surface area (Å²) in [5.74, 6) is -0.622. The summed E-state index contributed by atoms with van der Waals surface area (Å²) in [5, 5.41) is 49.4. The lowest BCUT2D eigenvalue weighted by atomic mass is 10.1. The quantitative estimate of drug-likeness (QED) is 0.0850. The van der Waals surface area contributed by atoms with Gasteiger partial charge in [0, 0.05) is 99.8 Å². The van der Waals surface area contributed by atoms with Gasteiger partial charge in [0.15, 0.2) is 0 Å². The molecular formula is C74H59N11O10. The fourth-order valence-electron chi connectivity index (χ4n) is 10.6. The number of aromatic carboxylic acids is 5. The minimum Gasteiger partial charge on any atom is -0.478 e. The molecule has 0 bridgehead atoms. The van der Waals surface area contributed by atoms with Gasteiger partial charge in [-0.1, -0.05) is 12.1 Å². The molecule has 0 unspecified atom stereocenters. The van der Waals surface area contributed by atoms with Gasteiger partial charge in [-0.05, 0) is 216 Å². The fourth-order valence-corrected chi connectivity index (χ4v) is 10.6. The molecule has 0 fully saturated rings. The van der Waals surface area contributed by atoms with Gasteiger partial charge in [-0.25, -0.2) is 48.9 Å². The van der Waals surface area contributed by atoms with Crippen molar-refractivity contribution in [1.82, 2.24) is 52.7 Å². The molecule has 0 saturated carbocycles. The van der Waals surface area contributed by atoms with E-state index in [1.807, 2.05) is 204 Å². The smallest absolute Gasteiger partial charge is 0.335 e. The van der Waals surface area contributed by atoms with Crippen molar-refractivity contribution in [3.63, 3.8) is 0 Å². The Hall–Kier alpha value is -13.2. The lowest BCUT2D eigenvalue weighted by Crippen LogP contribution is -1.99. The molecule has 5 N–H and O–H groups in total. The van der Waals surface area contributed by atoms with Gasteiger partial charge in [-0.2, -0.15) is 0 Å². The molecule has 10 heterocycles. The second kappa shape index (κ2) is 27.5. The predicted octanol–water partition coefficient (Wildman–Crippen LogP) is 14.6. The molecule has 0 aliphatic heterocycles. The normalized spacial score (nSPS) is 10.8. The molecule has 0 atom stereocenters. The molecule has 10 aromatic heterocycles. The van der Waals surface area contributed by atoms with Crippen LogP contribution in [0.2, 0.25) is 0 Å². The minimum atomic E-state index is -0.924. The number of carboxylic acids is 5. The number of hydrogen-bond donors (Lipinski definition) is 5. The molecule has 95 heavy (non-hydrogen) atoms. The number of pyridine rings is 4. The molecule has 21 heteroatoms. The van der Waals surface area contributed by atoms with Gasteiger partial charge in [0.1, 0.15) is 29.1 Å². The van der Waals surface area contributed by atoms with Crippen LogP contribution in [0.5, 0.6) is 0 Å². The summed E-state index contributed by atoms with van der Waals surface area (Å²) in [4.78, 5) is 80.5. The second-order valence-electron chi connectivity index (χ2n) is 22.0. The van der Waals surface area contributed by atoms with E-state index in [9.17, 15) is 24.0 Å². The molecule has 15 rings (SSSR count). The molecule has 21 nitrogen and oxygen atoms in total. The van der Waals surface area contributed by atoms with Gasteiger partial charge in [-0.3, -0.25) is 4.98 Å². The van der Waals surface area contributed by atoms with Crippen LogP contribution in [0.4, 0.5) is 0 Å². The Balaban J connectivity index is 0.000000121. The van der Waals surface area contributed by atoms with Gasteiger partial charge in [-0.15, -0.1) is 0 Å². The first-order valence-corrected chi connectivity index (χ1v) is 29.5. The molecule has 5 aromatic carbocycles. The van der Waals surface area contributed by atoms with E-state index in [2.05, 4.69) is 29.9 Å². The molecule has 0 saturated heterocycles. The standard InChI is InChI=1S/4C15H12N2O2.C14H11N3O2/c1-10-2-5-14(16-9-10)17-7-6-11-8-12(15(18)19)3-4-13(11)17;1-10-8-13(4-6-16-10)17-7-5-11-9-12(15(18)19)2-3-14(11)17;1-10-4-6-16-14(8-10)17-7-5-11-9-12(15(18)19)2-3-13(11)17;1-10-3-2-4-14(16-10)17-8-7-11-9-12(15(18)19)5-6-13(11)17;1-9-15-6-4-13(16-9)17-7-5-10-8-11(14(18)19)2-3-12(10)17/h4*2-9H,1H3,(H,18,19);2-8H,1H3,(H,18,19). The Kier molecular flexibility index (Phi) is 18.4. The first-order chi connectivity index (χ1) is 45.7. The number of aryl methyl sites for hydroxylation is 5. The van der Waals surface area contributed by atoms with Crippen LogP contribution in [0, 0.1) is 34.6 Å². The third-order valence-corrected chi connectivity index (χ3v) is 15.3. The van der Waals surface area contributed by atoms with E-state index in [0.717, 1.165) is 106 Å². The van der Waals surface area contributed by atoms with Crippen LogP contribution >= 0.6 is 0 Å². The van der Waals surface area contributed by atoms with Crippen molar-refractivity contribution >= 4 is 84.4 Å². The van der Waals surface area contributed by atoms with E-state index < -0.39 is 29.8 Å². The summed E-state index contributed by atoms with van der Waals surface area (Å²) in [6, 6.07) is 54.3. The Morgan fingerprint density at radius 1 is 0.305 bits per heavy atom. The van der Waals surface area contributed by atoms with Crippen molar-refractivity contribution in [2.75, 3.05) is 0 Å². The van der Waals surface area contributed by atoms with E-state index in [1.165, 1.54) is 0 Å². The van der Waals surface area contributed by atoms with E-state index in [1.54, 1.807) is 91.4 Å². The van der Waals surface area contributed by atoms with Gasteiger partial charge in [0.2, 0.25) is 0 Å². The Bertz CT molecular complexity index is 4870. The highest BCUT2D eigenvalue weighted by molar-refractivity contribution is 5.97. The first-order valence-electron chi connectivity index (χ1n) is 29.5. The number of nitrogens with zero attached hydrogens (tertiary/aromatic N) is 11. The zero-order valence-corrected chi connectivity index (χ0v) is 51.7. The Morgan fingerprint density at radius 2 is 0.705 bits per heavy atom. The summed E-state index contributed by atoms with van der Waals surface area (Å²) in [5.41, 5.74) is 11.4. The SMILES string of the molecule is Cc1cc(-n2ccc3cc(C(=O)O)ccc32)ccn1.Cc1ccc(-n2ccc3cc(C(=O)O)ccc32)nc1.Cc1cccc(-n2ccc3cc(C(=O)O)ccc32)n1.Cc1ccnc(-n2ccc3cc(C(=O)O)ccc32)c1.Cc1nccc(-n2ccc3cc(C(=O)O)ccc32)n1. The highest BCUT2D eigenvalue weighted by Crippen LogP contribution is 2.27. The molecule has 0 aliphatic rings. The van der Waals surface area contributed by atoms with Crippen LogP contribution in [0.3, 0.4) is 0 Å². The third kappa shape index (κ3) is 14.4. The van der Waals surface area contributed by atoms with Gasteiger partial charge in [0.05, 0.1) is 55.4 Å². The number of rotatable bonds is 10. The number of carboxylic acid groups (broad SMARTS) is 5. The largest absolute Gasteiger partial charge is 0.478 e. The van der Waals surface area contributed by atoms with Crippen LogP contribution in [0.25, 0.3) is 83.5 Å². The van der Waals surface area contributed by atoms with Gasteiger partial charge in [0.25, 0.3) is 0 Å². The van der Waals surface area contributed by atoms with Crippen LogP contribution in [0.1, 0.15) is 80.1 Å². The number of aromatic nitrogens is 11. The summed E-state index contributed by atoms with van der Waals surface area (Å²) >= 11 is 0. The van der Waals surface area contributed by atoms with Crippen molar-refractivity contribution in [2.24, 2.45) is 0 Å². The fraction of sp³-hybridized carbons (Fsp3) is 0.0676. The topological polar surface area (TPSA) is 288 Å².